The molecule has 1 rings (SSSR count). The van der Waals surface area contributed by atoms with Crippen molar-refractivity contribution in [3.05, 3.63) is 41.8 Å². The van der Waals surface area contributed by atoms with Crippen molar-refractivity contribution in [2.24, 2.45) is 11.7 Å². The maximum Gasteiger partial charge on any atom is 0.0907 e. The average molecular weight is 245 g/mol. The molecule has 0 aliphatic rings. The van der Waals surface area contributed by atoms with Gasteiger partial charge in [-0.25, -0.2) is 0 Å². The van der Waals surface area contributed by atoms with Gasteiger partial charge >= 0.3 is 0 Å². The zero-order chi connectivity index (χ0) is 13.4. The van der Waals surface area contributed by atoms with Crippen LogP contribution in [0.5, 0.6) is 0 Å². The number of nitrogens with one attached hydrogen (secondary N) is 1. The molecule has 2 heteroatoms. The fourth-order valence-electron chi connectivity index (χ4n) is 2.33. The third kappa shape index (κ3) is 5.85. The Balaban J connectivity index is 2.35. The van der Waals surface area contributed by atoms with Gasteiger partial charge in [-0.1, -0.05) is 44.2 Å². The first kappa shape index (κ1) is 14.7. The normalized spacial score (nSPS) is 12.6. The summed E-state index contributed by atoms with van der Waals surface area (Å²) >= 11 is 0. The highest BCUT2D eigenvalue weighted by atomic mass is 14.7. The van der Waals surface area contributed by atoms with Gasteiger partial charge in [-0.15, -0.1) is 0 Å². The highest BCUT2D eigenvalue weighted by Gasteiger charge is 2.13. The van der Waals surface area contributed by atoms with Crippen LogP contribution < -0.4 is 5.73 Å². The van der Waals surface area contributed by atoms with Gasteiger partial charge in [0.1, 0.15) is 0 Å². The minimum absolute atomic E-state index is 0.306. The molecule has 0 saturated carbocycles. The van der Waals surface area contributed by atoms with E-state index in [1.54, 1.807) is 5.92 Å². The van der Waals surface area contributed by atoms with E-state index in [4.69, 9.17) is 11.1 Å². The molecular weight excluding hydrogens is 220 g/mol. The van der Waals surface area contributed by atoms with E-state index in [-0.39, 0.29) is 0 Å². The summed E-state index contributed by atoms with van der Waals surface area (Å²) in [6.07, 6.45) is 5.23. The van der Waals surface area contributed by atoms with E-state index in [1.807, 2.05) is 0 Å². The molecule has 1 aromatic carbocycles. The topological polar surface area (TPSA) is 49.9 Å². The lowest BCUT2D eigenvalue weighted by molar-refractivity contribution is 0.520. The number of benzene rings is 1. The molecule has 2 nitrogen and oxygen atoms in total. The van der Waals surface area contributed by atoms with E-state index in [2.05, 4.69) is 44.2 Å². The summed E-state index contributed by atoms with van der Waals surface area (Å²) in [4.78, 5) is 0. The van der Waals surface area contributed by atoms with Gasteiger partial charge in [0.25, 0.3) is 0 Å². The minimum Gasteiger partial charge on any atom is -0.388 e. The molecule has 0 fully saturated rings. The van der Waals surface area contributed by atoms with E-state index < -0.39 is 0 Å². The van der Waals surface area contributed by atoms with Crippen LogP contribution in [-0.4, -0.2) is 5.84 Å². The van der Waals surface area contributed by atoms with Crippen LogP contribution in [0, 0.1) is 17.2 Å². The molecule has 1 unspecified atom stereocenters. The van der Waals surface area contributed by atoms with Crippen molar-refractivity contribution in [2.45, 2.75) is 46.0 Å². The van der Waals surface area contributed by atoms with Crippen LogP contribution in [0.3, 0.4) is 0 Å². The first-order valence-corrected chi connectivity index (χ1v) is 6.82. The maximum absolute atomic E-state index is 7.33. The molecular formula is C16H25N2. The Morgan fingerprint density at radius 3 is 2.44 bits per heavy atom. The van der Waals surface area contributed by atoms with Gasteiger partial charge in [0.15, 0.2) is 0 Å². The van der Waals surface area contributed by atoms with Crippen LogP contribution in [-0.2, 0) is 6.42 Å². The number of aryl methyl sites for hydroxylation is 1. The second kappa shape index (κ2) is 7.91. The Morgan fingerprint density at radius 1 is 1.22 bits per heavy atom. The Morgan fingerprint density at radius 2 is 1.89 bits per heavy atom. The molecule has 0 spiro atoms. The summed E-state index contributed by atoms with van der Waals surface area (Å²) in [5.74, 6) is 2.39. The molecule has 3 N–H and O–H groups in total. The van der Waals surface area contributed by atoms with E-state index in [9.17, 15) is 0 Å². The highest BCUT2D eigenvalue weighted by Crippen LogP contribution is 2.24. The van der Waals surface area contributed by atoms with Crippen molar-refractivity contribution in [3.8, 4) is 0 Å². The lowest BCUT2D eigenvalue weighted by Gasteiger charge is -2.18. The Kier molecular flexibility index (Phi) is 6.48. The molecule has 0 aromatic heterocycles. The first-order chi connectivity index (χ1) is 8.61. The van der Waals surface area contributed by atoms with E-state index >= 15 is 0 Å². The van der Waals surface area contributed by atoms with Gasteiger partial charge in [-0.3, -0.25) is 5.41 Å². The predicted molar refractivity (Wildman–Crippen MR) is 78.6 cm³/mol. The molecule has 18 heavy (non-hydrogen) atoms. The largest absolute Gasteiger partial charge is 0.388 e. The number of nitrogens with two attached hydrogens (primary N) is 1. The minimum atomic E-state index is 0.306. The molecule has 99 valence electrons. The van der Waals surface area contributed by atoms with Crippen LogP contribution >= 0.6 is 0 Å². The molecule has 0 aliphatic carbocycles. The zero-order valence-corrected chi connectivity index (χ0v) is 11.6. The van der Waals surface area contributed by atoms with E-state index in [0.717, 1.165) is 32.1 Å². The number of hydrogen-bond acceptors (Lipinski definition) is 1. The van der Waals surface area contributed by atoms with Gasteiger partial charge in [0.05, 0.1) is 5.84 Å². The van der Waals surface area contributed by atoms with Gasteiger partial charge < -0.3 is 5.73 Å². The lowest BCUT2D eigenvalue weighted by Crippen LogP contribution is -2.15. The summed E-state index contributed by atoms with van der Waals surface area (Å²) in [5.41, 5.74) is 6.85. The van der Waals surface area contributed by atoms with Crippen molar-refractivity contribution < 1.29 is 0 Å². The standard InChI is InChI=1S/C16H25N2/c1-3-14(11-13(2)12-16(17)18)9-10-15-7-5-4-6-8-15/h4-8,13H,3,9-12H2,1-2H3,(H3,17,18). The van der Waals surface area contributed by atoms with Gasteiger partial charge in [-0.05, 0) is 43.1 Å². The van der Waals surface area contributed by atoms with E-state index in [1.165, 1.54) is 5.56 Å². The van der Waals surface area contributed by atoms with Crippen LogP contribution in [0.25, 0.3) is 0 Å². The molecule has 0 aliphatic heterocycles. The molecule has 0 heterocycles. The van der Waals surface area contributed by atoms with Crippen molar-refractivity contribution in [3.63, 3.8) is 0 Å². The molecule has 1 atom stereocenters. The summed E-state index contributed by atoms with van der Waals surface area (Å²) in [7, 11) is 0. The quantitative estimate of drug-likeness (QED) is 0.528. The fraction of sp³-hybridized carbons (Fsp3) is 0.500. The predicted octanol–water partition coefficient (Wildman–Crippen LogP) is 3.96. The molecule has 1 radical (unpaired) electrons. The second-order valence-electron chi connectivity index (χ2n) is 5.13. The summed E-state index contributed by atoms with van der Waals surface area (Å²) in [5, 5.41) is 7.33. The van der Waals surface area contributed by atoms with Crippen molar-refractivity contribution in [1.29, 1.82) is 5.41 Å². The summed E-state index contributed by atoms with van der Waals surface area (Å²) < 4.78 is 0. The first-order valence-electron chi connectivity index (χ1n) is 6.82. The van der Waals surface area contributed by atoms with Gasteiger partial charge in [-0.2, -0.15) is 0 Å². The molecule has 0 bridgehead atoms. The number of rotatable bonds is 8. The molecule has 1 aromatic rings. The number of amidine groups is 1. The Labute approximate surface area is 111 Å². The molecule has 0 amide bonds. The average Bonchev–Trinajstić information content (AvgIpc) is 2.34. The van der Waals surface area contributed by atoms with Gasteiger partial charge in [0.2, 0.25) is 0 Å². The van der Waals surface area contributed by atoms with E-state index in [0.29, 0.717) is 11.8 Å². The third-order valence-electron chi connectivity index (χ3n) is 3.32. The fourth-order valence-corrected chi connectivity index (χ4v) is 2.33. The number of hydrogen-bond donors (Lipinski definition) is 2. The van der Waals surface area contributed by atoms with Crippen molar-refractivity contribution in [1.82, 2.24) is 0 Å². The summed E-state index contributed by atoms with van der Waals surface area (Å²) in [6.45, 7) is 4.40. The monoisotopic (exact) mass is 245 g/mol. The van der Waals surface area contributed by atoms with Crippen LogP contribution in [0.15, 0.2) is 30.3 Å². The smallest absolute Gasteiger partial charge is 0.0907 e. The third-order valence-corrected chi connectivity index (χ3v) is 3.32. The van der Waals surface area contributed by atoms with Crippen molar-refractivity contribution >= 4 is 5.84 Å². The highest BCUT2D eigenvalue weighted by molar-refractivity contribution is 5.77. The zero-order valence-electron chi connectivity index (χ0n) is 11.6. The van der Waals surface area contributed by atoms with Crippen LogP contribution in [0.1, 0.15) is 45.1 Å². The van der Waals surface area contributed by atoms with Gasteiger partial charge in [0, 0.05) is 6.42 Å². The SMILES string of the molecule is CC[C](CCc1ccccc1)CC(C)CC(=N)N. The second-order valence-corrected chi connectivity index (χ2v) is 5.13. The lowest BCUT2D eigenvalue weighted by atomic mass is 9.87. The van der Waals surface area contributed by atoms with Crippen LogP contribution in [0.2, 0.25) is 0 Å². The Bertz CT molecular complexity index is 345. The van der Waals surface area contributed by atoms with Crippen molar-refractivity contribution in [2.75, 3.05) is 0 Å². The van der Waals surface area contributed by atoms with Crippen LogP contribution in [0.4, 0.5) is 0 Å². The Hall–Kier alpha value is -1.31. The summed E-state index contributed by atoms with van der Waals surface area (Å²) in [6, 6.07) is 10.6. The maximum atomic E-state index is 7.33. The molecule has 0 saturated heterocycles.